The SMILES string of the molecule is CC(NC(=O)c1cccnc1N)c1ccco1. The van der Waals surface area contributed by atoms with Gasteiger partial charge in [0.25, 0.3) is 5.91 Å². The number of nitrogens with zero attached hydrogens (tertiary/aromatic N) is 1. The van der Waals surface area contributed by atoms with Crippen LogP contribution in [-0.4, -0.2) is 10.9 Å². The highest BCUT2D eigenvalue weighted by Crippen LogP contribution is 2.14. The largest absolute Gasteiger partial charge is 0.467 e. The Morgan fingerprint density at radius 3 is 2.94 bits per heavy atom. The summed E-state index contributed by atoms with van der Waals surface area (Å²) < 4.78 is 5.20. The maximum absolute atomic E-state index is 11.9. The summed E-state index contributed by atoms with van der Waals surface area (Å²) in [6.45, 7) is 1.84. The predicted octanol–water partition coefficient (Wildman–Crippen LogP) is 1.75. The van der Waals surface area contributed by atoms with Gasteiger partial charge in [-0.1, -0.05) is 0 Å². The lowest BCUT2D eigenvalue weighted by Crippen LogP contribution is -2.27. The molecule has 2 aromatic heterocycles. The summed E-state index contributed by atoms with van der Waals surface area (Å²) in [5.41, 5.74) is 5.99. The molecule has 0 saturated carbocycles. The summed E-state index contributed by atoms with van der Waals surface area (Å²) in [4.78, 5) is 15.8. The van der Waals surface area contributed by atoms with E-state index < -0.39 is 0 Å². The molecule has 0 radical (unpaired) electrons. The molecular formula is C12H13N3O2. The number of nitrogen functional groups attached to an aromatic ring is 1. The Balaban J connectivity index is 2.10. The molecule has 5 nitrogen and oxygen atoms in total. The lowest BCUT2D eigenvalue weighted by atomic mass is 10.2. The highest BCUT2D eigenvalue weighted by Gasteiger charge is 2.15. The van der Waals surface area contributed by atoms with Crippen LogP contribution in [0.4, 0.5) is 5.82 Å². The number of hydrogen-bond donors (Lipinski definition) is 2. The molecule has 0 spiro atoms. The topological polar surface area (TPSA) is 81.2 Å². The minimum atomic E-state index is -0.264. The van der Waals surface area contributed by atoms with Gasteiger partial charge in [-0.25, -0.2) is 4.98 Å². The van der Waals surface area contributed by atoms with Crippen molar-refractivity contribution in [1.29, 1.82) is 0 Å². The molecule has 1 atom stereocenters. The first-order valence-corrected chi connectivity index (χ1v) is 5.23. The summed E-state index contributed by atoms with van der Waals surface area (Å²) >= 11 is 0. The smallest absolute Gasteiger partial charge is 0.255 e. The molecule has 2 aromatic rings. The number of hydrogen-bond acceptors (Lipinski definition) is 4. The molecule has 0 aliphatic rings. The molecule has 0 aliphatic carbocycles. The van der Waals surface area contributed by atoms with Crippen LogP contribution in [0, 0.1) is 0 Å². The Morgan fingerprint density at radius 1 is 1.47 bits per heavy atom. The van der Waals surface area contributed by atoms with Crippen LogP contribution < -0.4 is 11.1 Å². The Bertz CT molecular complexity index is 508. The summed E-state index contributed by atoms with van der Waals surface area (Å²) in [5.74, 6) is 0.650. The maximum atomic E-state index is 11.9. The fraction of sp³-hybridized carbons (Fsp3) is 0.167. The fourth-order valence-corrected chi connectivity index (χ4v) is 1.49. The molecule has 88 valence electrons. The van der Waals surface area contributed by atoms with Crippen LogP contribution in [0.25, 0.3) is 0 Å². The number of rotatable bonds is 3. The number of amides is 1. The minimum Gasteiger partial charge on any atom is -0.467 e. The maximum Gasteiger partial charge on any atom is 0.255 e. The van der Waals surface area contributed by atoms with Crippen LogP contribution >= 0.6 is 0 Å². The Labute approximate surface area is 98.6 Å². The third-order valence-corrected chi connectivity index (χ3v) is 2.40. The van der Waals surface area contributed by atoms with Crippen LogP contribution in [0.3, 0.4) is 0 Å². The summed E-state index contributed by atoms with van der Waals surface area (Å²) in [5, 5.41) is 2.79. The molecule has 0 bridgehead atoms. The van der Waals surface area contributed by atoms with E-state index in [0.29, 0.717) is 11.3 Å². The lowest BCUT2D eigenvalue weighted by Gasteiger charge is -2.11. The van der Waals surface area contributed by atoms with Gasteiger partial charge in [0.15, 0.2) is 0 Å². The van der Waals surface area contributed by atoms with Gasteiger partial charge in [-0.05, 0) is 31.2 Å². The Morgan fingerprint density at radius 2 is 2.29 bits per heavy atom. The first-order valence-electron chi connectivity index (χ1n) is 5.23. The van der Waals surface area contributed by atoms with Crippen LogP contribution in [0.1, 0.15) is 29.1 Å². The average Bonchev–Trinajstić information content (AvgIpc) is 2.82. The zero-order valence-corrected chi connectivity index (χ0v) is 9.38. The average molecular weight is 231 g/mol. The van der Waals surface area contributed by atoms with Gasteiger partial charge in [0.2, 0.25) is 0 Å². The van der Waals surface area contributed by atoms with Crippen molar-refractivity contribution >= 4 is 11.7 Å². The van der Waals surface area contributed by atoms with Crippen LogP contribution in [-0.2, 0) is 0 Å². The second-order valence-electron chi connectivity index (χ2n) is 3.65. The van der Waals surface area contributed by atoms with E-state index in [0.717, 1.165) is 0 Å². The highest BCUT2D eigenvalue weighted by molar-refractivity contribution is 5.98. The molecular weight excluding hydrogens is 218 g/mol. The molecule has 1 unspecified atom stereocenters. The second-order valence-corrected chi connectivity index (χ2v) is 3.65. The zero-order chi connectivity index (χ0) is 12.3. The lowest BCUT2D eigenvalue weighted by molar-refractivity contribution is 0.0936. The summed E-state index contributed by atoms with van der Waals surface area (Å²) in [6, 6.07) is 6.67. The molecule has 17 heavy (non-hydrogen) atoms. The van der Waals surface area contributed by atoms with Crippen molar-refractivity contribution in [3.63, 3.8) is 0 Å². The number of nitrogens with one attached hydrogen (secondary N) is 1. The van der Waals surface area contributed by atoms with Crippen molar-refractivity contribution in [3.05, 3.63) is 48.0 Å². The van der Waals surface area contributed by atoms with Crippen molar-refractivity contribution in [2.24, 2.45) is 0 Å². The van der Waals surface area contributed by atoms with Gasteiger partial charge >= 0.3 is 0 Å². The number of pyridine rings is 1. The van der Waals surface area contributed by atoms with Gasteiger partial charge < -0.3 is 15.5 Å². The van der Waals surface area contributed by atoms with E-state index in [2.05, 4.69) is 10.3 Å². The number of aromatic nitrogens is 1. The summed E-state index contributed by atoms with van der Waals surface area (Å²) in [7, 11) is 0. The van der Waals surface area contributed by atoms with E-state index in [-0.39, 0.29) is 17.8 Å². The quantitative estimate of drug-likeness (QED) is 0.843. The first kappa shape index (κ1) is 11.2. The van der Waals surface area contributed by atoms with E-state index in [1.54, 1.807) is 36.7 Å². The molecule has 2 rings (SSSR count). The molecule has 0 saturated heterocycles. The molecule has 2 heterocycles. The molecule has 0 fully saturated rings. The monoisotopic (exact) mass is 231 g/mol. The Kier molecular flexibility index (Phi) is 3.09. The molecule has 3 N–H and O–H groups in total. The molecule has 0 aliphatic heterocycles. The normalized spacial score (nSPS) is 12.1. The van der Waals surface area contributed by atoms with Crippen molar-refractivity contribution in [2.75, 3.05) is 5.73 Å². The van der Waals surface area contributed by atoms with E-state index in [9.17, 15) is 4.79 Å². The molecule has 5 heteroatoms. The van der Waals surface area contributed by atoms with Crippen molar-refractivity contribution in [1.82, 2.24) is 10.3 Å². The highest BCUT2D eigenvalue weighted by atomic mass is 16.3. The molecule has 1 amide bonds. The van der Waals surface area contributed by atoms with Gasteiger partial charge in [0.1, 0.15) is 11.6 Å². The molecule has 0 aromatic carbocycles. The standard InChI is InChI=1S/C12H13N3O2/c1-8(10-5-3-7-17-10)15-12(16)9-4-2-6-14-11(9)13/h2-8H,1H3,(H2,13,14)(H,15,16). The van der Waals surface area contributed by atoms with Crippen LogP contribution in [0.15, 0.2) is 41.1 Å². The van der Waals surface area contributed by atoms with E-state index >= 15 is 0 Å². The Hall–Kier alpha value is -2.30. The van der Waals surface area contributed by atoms with Crippen molar-refractivity contribution in [3.8, 4) is 0 Å². The van der Waals surface area contributed by atoms with Crippen LogP contribution in [0.2, 0.25) is 0 Å². The van der Waals surface area contributed by atoms with Gasteiger partial charge in [-0.3, -0.25) is 4.79 Å². The number of anilines is 1. The predicted molar refractivity (Wildman–Crippen MR) is 63.2 cm³/mol. The fourth-order valence-electron chi connectivity index (χ4n) is 1.49. The van der Waals surface area contributed by atoms with E-state index in [1.165, 1.54) is 0 Å². The van der Waals surface area contributed by atoms with Gasteiger partial charge in [0.05, 0.1) is 17.9 Å². The van der Waals surface area contributed by atoms with Crippen molar-refractivity contribution in [2.45, 2.75) is 13.0 Å². The van der Waals surface area contributed by atoms with Gasteiger partial charge in [-0.2, -0.15) is 0 Å². The number of carbonyl (C=O) groups is 1. The van der Waals surface area contributed by atoms with E-state index in [4.69, 9.17) is 10.2 Å². The van der Waals surface area contributed by atoms with Crippen LogP contribution in [0.5, 0.6) is 0 Å². The number of furan rings is 1. The first-order chi connectivity index (χ1) is 8.18. The van der Waals surface area contributed by atoms with Crippen molar-refractivity contribution < 1.29 is 9.21 Å². The summed E-state index contributed by atoms with van der Waals surface area (Å²) in [6.07, 6.45) is 3.11. The van der Waals surface area contributed by atoms with Gasteiger partial charge in [-0.15, -0.1) is 0 Å². The van der Waals surface area contributed by atoms with E-state index in [1.807, 2.05) is 6.92 Å². The number of carbonyl (C=O) groups excluding carboxylic acids is 1. The third kappa shape index (κ3) is 2.44. The van der Waals surface area contributed by atoms with Gasteiger partial charge in [0, 0.05) is 6.20 Å². The zero-order valence-electron chi connectivity index (χ0n) is 9.38. The second kappa shape index (κ2) is 4.69. The number of nitrogens with two attached hydrogens (primary N) is 1. The third-order valence-electron chi connectivity index (χ3n) is 2.40. The minimum absolute atomic E-state index is 0.211.